The van der Waals surface area contributed by atoms with E-state index in [1.54, 1.807) is 0 Å². The molecule has 0 bridgehead atoms. The lowest BCUT2D eigenvalue weighted by Crippen LogP contribution is -2.36. The minimum Gasteiger partial charge on any atom is -0.207 e. The van der Waals surface area contributed by atoms with Crippen LogP contribution in [-0.4, -0.2) is 5.92 Å². The van der Waals surface area contributed by atoms with Crippen LogP contribution < -0.4 is 0 Å². The second kappa shape index (κ2) is 10.8. The summed E-state index contributed by atoms with van der Waals surface area (Å²) < 4.78 is 29.8. The Morgan fingerprint density at radius 3 is 1.82 bits per heavy atom. The molecule has 0 aromatic heterocycles. The van der Waals surface area contributed by atoms with Gasteiger partial charge >= 0.3 is 0 Å². The van der Waals surface area contributed by atoms with Crippen molar-refractivity contribution in [1.29, 1.82) is 0 Å². The fourth-order valence-corrected chi connectivity index (χ4v) is 6.92. The third-order valence-electron chi connectivity index (χ3n) is 9.06. The molecule has 0 N–H and O–H groups in total. The van der Waals surface area contributed by atoms with Gasteiger partial charge in [-0.2, -0.15) is 0 Å². The van der Waals surface area contributed by atoms with Crippen LogP contribution in [0, 0.1) is 35.5 Å². The highest BCUT2D eigenvalue weighted by Crippen LogP contribution is 2.47. The van der Waals surface area contributed by atoms with E-state index in [-0.39, 0.29) is 12.3 Å². The molecule has 0 heterocycles. The van der Waals surface area contributed by atoms with E-state index in [1.165, 1.54) is 83.5 Å². The molecule has 3 rings (SSSR count). The van der Waals surface area contributed by atoms with Gasteiger partial charge in [0.25, 0.3) is 5.92 Å². The molecule has 3 aliphatic carbocycles. The Morgan fingerprint density at radius 1 is 0.714 bits per heavy atom. The van der Waals surface area contributed by atoms with Crippen LogP contribution in [0.4, 0.5) is 8.78 Å². The second-order valence-corrected chi connectivity index (χ2v) is 10.8. The molecule has 0 spiro atoms. The second-order valence-electron chi connectivity index (χ2n) is 10.8. The van der Waals surface area contributed by atoms with Gasteiger partial charge in [-0.25, -0.2) is 8.78 Å². The quantitative estimate of drug-likeness (QED) is 0.384. The lowest BCUT2D eigenvalue weighted by molar-refractivity contribution is -0.0917. The molecule has 3 aliphatic rings. The molecule has 1 atom stereocenters. The Morgan fingerprint density at radius 2 is 1.25 bits per heavy atom. The highest BCUT2D eigenvalue weighted by atomic mass is 19.3. The summed E-state index contributed by atoms with van der Waals surface area (Å²) in [6, 6.07) is 0. The topological polar surface area (TPSA) is 0 Å². The van der Waals surface area contributed by atoms with Crippen LogP contribution in [0.15, 0.2) is 0 Å². The first-order chi connectivity index (χ1) is 13.5. The van der Waals surface area contributed by atoms with Crippen LogP contribution in [-0.2, 0) is 0 Å². The van der Waals surface area contributed by atoms with E-state index < -0.39 is 11.8 Å². The van der Waals surface area contributed by atoms with Crippen molar-refractivity contribution in [3.05, 3.63) is 0 Å². The lowest BCUT2D eigenvalue weighted by Gasteiger charge is -2.40. The van der Waals surface area contributed by atoms with Crippen LogP contribution in [0.1, 0.15) is 123 Å². The molecular formula is C26H46F2. The maximum Gasteiger partial charge on any atom is 0.250 e. The van der Waals surface area contributed by atoms with Crippen LogP contribution in [0.25, 0.3) is 0 Å². The van der Waals surface area contributed by atoms with Crippen molar-refractivity contribution < 1.29 is 8.78 Å². The van der Waals surface area contributed by atoms with Gasteiger partial charge in [-0.15, -0.1) is 0 Å². The van der Waals surface area contributed by atoms with Crippen molar-refractivity contribution >= 4 is 0 Å². The van der Waals surface area contributed by atoms with Crippen LogP contribution in [0.3, 0.4) is 0 Å². The summed E-state index contributed by atoms with van der Waals surface area (Å²) in [4.78, 5) is 0. The van der Waals surface area contributed by atoms with Crippen molar-refractivity contribution in [1.82, 2.24) is 0 Å². The van der Waals surface area contributed by atoms with Gasteiger partial charge in [-0.3, -0.25) is 0 Å². The summed E-state index contributed by atoms with van der Waals surface area (Å²) in [7, 11) is 0. The van der Waals surface area contributed by atoms with Gasteiger partial charge in [-0.05, 0) is 74.5 Å². The molecule has 3 saturated carbocycles. The Labute approximate surface area is 173 Å². The van der Waals surface area contributed by atoms with Crippen molar-refractivity contribution in [2.45, 2.75) is 129 Å². The molecule has 0 aromatic rings. The Balaban J connectivity index is 1.39. The predicted octanol–water partition coefficient (Wildman–Crippen LogP) is 9.03. The van der Waals surface area contributed by atoms with E-state index in [0.29, 0.717) is 5.92 Å². The SMILES string of the molecule is CCCC1CCC(C2CCC(C(C)C(F)(F)CCC3CCCCC3)CC2)CC1. The van der Waals surface area contributed by atoms with Crippen LogP contribution in [0.5, 0.6) is 0 Å². The first-order valence-electron chi connectivity index (χ1n) is 12.9. The normalized spacial score (nSPS) is 34.3. The van der Waals surface area contributed by atoms with Gasteiger partial charge in [0.05, 0.1) is 0 Å². The zero-order valence-corrected chi connectivity index (χ0v) is 18.7. The summed E-state index contributed by atoms with van der Waals surface area (Å²) >= 11 is 0. The van der Waals surface area contributed by atoms with E-state index in [9.17, 15) is 8.78 Å². The van der Waals surface area contributed by atoms with E-state index >= 15 is 0 Å². The molecule has 3 fully saturated rings. The van der Waals surface area contributed by atoms with Gasteiger partial charge < -0.3 is 0 Å². The fraction of sp³-hybridized carbons (Fsp3) is 1.00. The average Bonchev–Trinajstić information content (AvgIpc) is 2.73. The zero-order chi connectivity index (χ0) is 20.0. The average molecular weight is 397 g/mol. The molecular weight excluding hydrogens is 350 g/mol. The number of rotatable bonds is 8. The number of alkyl halides is 2. The summed E-state index contributed by atoms with van der Waals surface area (Å²) in [5, 5.41) is 0. The number of halogens is 2. The van der Waals surface area contributed by atoms with Gasteiger partial charge in [0.15, 0.2) is 0 Å². The summed E-state index contributed by atoms with van der Waals surface area (Å²) in [5.74, 6) is 0.669. The standard InChI is InChI=1S/C26H46F2/c1-3-7-21-10-12-24(13-11-21)25-16-14-23(15-17-25)20(2)26(27,28)19-18-22-8-5-4-6-9-22/h20-25H,3-19H2,1-2H3. The minimum atomic E-state index is -2.45. The maximum absolute atomic E-state index is 14.9. The van der Waals surface area contributed by atoms with Gasteiger partial charge in [0, 0.05) is 12.3 Å². The van der Waals surface area contributed by atoms with E-state index in [1.807, 2.05) is 6.92 Å². The van der Waals surface area contributed by atoms with Crippen molar-refractivity contribution in [2.24, 2.45) is 35.5 Å². The molecule has 0 radical (unpaired) electrons. The van der Waals surface area contributed by atoms with Crippen molar-refractivity contribution in [3.63, 3.8) is 0 Å². The smallest absolute Gasteiger partial charge is 0.207 e. The highest BCUT2D eigenvalue weighted by molar-refractivity contribution is 4.87. The van der Waals surface area contributed by atoms with Crippen molar-refractivity contribution in [2.75, 3.05) is 0 Å². The first kappa shape index (κ1) is 22.5. The van der Waals surface area contributed by atoms with Crippen LogP contribution >= 0.6 is 0 Å². The van der Waals surface area contributed by atoms with Crippen molar-refractivity contribution in [3.8, 4) is 0 Å². The Kier molecular flexibility index (Phi) is 8.66. The van der Waals surface area contributed by atoms with Gasteiger partial charge in [-0.1, -0.05) is 71.6 Å². The largest absolute Gasteiger partial charge is 0.250 e. The third kappa shape index (κ3) is 6.18. The molecule has 0 amide bonds. The van der Waals surface area contributed by atoms with E-state index in [2.05, 4.69) is 6.92 Å². The first-order valence-corrected chi connectivity index (χ1v) is 12.9. The third-order valence-corrected chi connectivity index (χ3v) is 9.06. The molecule has 1 unspecified atom stereocenters. The monoisotopic (exact) mass is 396 g/mol. The van der Waals surface area contributed by atoms with E-state index in [4.69, 9.17) is 0 Å². The minimum absolute atomic E-state index is 0.139. The van der Waals surface area contributed by atoms with E-state index in [0.717, 1.165) is 37.0 Å². The van der Waals surface area contributed by atoms with Gasteiger partial charge in [0.2, 0.25) is 0 Å². The summed E-state index contributed by atoms with van der Waals surface area (Å²) in [6.45, 7) is 4.17. The zero-order valence-electron chi connectivity index (χ0n) is 18.7. The molecule has 28 heavy (non-hydrogen) atoms. The summed E-state index contributed by atoms with van der Waals surface area (Å²) in [5.41, 5.74) is 0. The lowest BCUT2D eigenvalue weighted by atomic mass is 9.66. The molecule has 0 nitrogen and oxygen atoms in total. The fourth-order valence-electron chi connectivity index (χ4n) is 6.92. The van der Waals surface area contributed by atoms with Crippen LogP contribution in [0.2, 0.25) is 0 Å². The predicted molar refractivity (Wildman–Crippen MR) is 116 cm³/mol. The molecule has 164 valence electrons. The Bertz CT molecular complexity index is 424. The number of hydrogen-bond acceptors (Lipinski definition) is 0. The van der Waals surface area contributed by atoms with Gasteiger partial charge in [0.1, 0.15) is 0 Å². The Hall–Kier alpha value is -0.140. The molecule has 0 aliphatic heterocycles. The maximum atomic E-state index is 14.9. The molecule has 0 aromatic carbocycles. The molecule has 2 heteroatoms. The number of hydrogen-bond donors (Lipinski definition) is 0. The highest BCUT2D eigenvalue weighted by Gasteiger charge is 2.42. The molecule has 0 saturated heterocycles. The summed E-state index contributed by atoms with van der Waals surface area (Å²) in [6.07, 6.45) is 20.1.